The van der Waals surface area contributed by atoms with E-state index in [2.05, 4.69) is 6.07 Å². The molecule has 4 aromatic carbocycles. The summed E-state index contributed by atoms with van der Waals surface area (Å²) in [4.78, 5) is 46.4. The summed E-state index contributed by atoms with van der Waals surface area (Å²) in [5.41, 5.74) is -0.113. The van der Waals surface area contributed by atoms with Gasteiger partial charge in [-0.2, -0.15) is 5.26 Å². The van der Waals surface area contributed by atoms with Crippen LogP contribution in [0.4, 0.5) is 0 Å². The van der Waals surface area contributed by atoms with E-state index in [1.807, 2.05) is 121 Å². The van der Waals surface area contributed by atoms with Crippen LogP contribution < -0.4 is 15.9 Å². The molecule has 4 rings (SSSR count). The second-order valence-electron chi connectivity index (χ2n) is 11.0. The van der Waals surface area contributed by atoms with Gasteiger partial charge in [0.05, 0.1) is 12.0 Å². The molecule has 0 saturated carbocycles. The van der Waals surface area contributed by atoms with E-state index >= 15 is 0 Å². The number of nitriles is 1. The summed E-state index contributed by atoms with van der Waals surface area (Å²) in [6.45, 7) is 2.04. The van der Waals surface area contributed by atoms with Crippen LogP contribution in [0.25, 0.3) is 0 Å². The van der Waals surface area contributed by atoms with Crippen LogP contribution in [0, 0.1) is 11.3 Å². The van der Waals surface area contributed by atoms with Gasteiger partial charge in [0, 0.05) is 0 Å². The molecule has 7 nitrogen and oxygen atoms in total. The van der Waals surface area contributed by atoms with Crippen molar-refractivity contribution in [3.63, 3.8) is 0 Å². The van der Waals surface area contributed by atoms with Crippen LogP contribution in [-0.4, -0.2) is 40.2 Å². The Labute approximate surface area is 258 Å². The van der Waals surface area contributed by atoms with Crippen LogP contribution in [0.15, 0.2) is 121 Å². The predicted octanol–water partition coefficient (Wildman–Crippen LogP) is 4.94. The van der Waals surface area contributed by atoms with E-state index in [0.717, 1.165) is 26.5 Å². The Balaban J connectivity index is 1.95. The molecular formula is C36H35N2O5P. The van der Waals surface area contributed by atoms with E-state index < -0.39 is 36.7 Å². The zero-order valence-corrected chi connectivity index (χ0v) is 25.9. The molecule has 8 heteroatoms. The number of carbonyl (C=O) groups is 3. The predicted molar refractivity (Wildman–Crippen MR) is 174 cm³/mol. The van der Waals surface area contributed by atoms with Gasteiger partial charge in [0.2, 0.25) is 6.41 Å². The maximum atomic E-state index is 14.8. The van der Waals surface area contributed by atoms with Crippen molar-refractivity contribution in [3.05, 3.63) is 127 Å². The molecule has 0 heterocycles. The molecular weight excluding hydrogens is 571 g/mol. The Hall–Kier alpha value is -4.76. The maximum Gasteiger partial charge on any atom is 0.308 e. The lowest BCUT2D eigenvalue weighted by Crippen LogP contribution is -2.49. The molecule has 1 amide bonds. The lowest BCUT2D eigenvalue weighted by atomic mass is 10.1. The topological polar surface area (TPSA) is 96.7 Å². The van der Waals surface area contributed by atoms with Gasteiger partial charge >= 0.3 is 5.97 Å². The van der Waals surface area contributed by atoms with Crippen LogP contribution in [0.2, 0.25) is 0 Å². The van der Waals surface area contributed by atoms with E-state index in [-0.39, 0.29) is 11.9 Å². The van der Waals surface area contributed by atoms with Crippen LogP contribution in [-0.2, 0) is 30.6 Å². The van der Waals surface area contributed by atoms with Gasteiger partial charge in [-0.15, -0.1) is 0 Å². The van der Waals surface area contributed by atoms with Crippen molar-refractivity contribution in [1.82, 2.24) is 5.06 Å². The SMILES string of the molecule is CC(C)(C)ON(C=O)C(CC(=O)OCc1ccccc1)C(=O)C(C#N)=P(c1ccccc1)(c1ccccc1)c1ccccc1. The second-order valence-corrected chi connectivity index (χ2v) is 14.4. The van der Waals surface area contributed by atoms with Gasteiger partial charge in [0.15, 0.2) is 5.78 Å². The first-order valence-electron chi connectivity index (χ1n) is 14.2. The number of nitrogens with zero attached hydrogens (tertiary/aromatic N) is 2. The van der Waals surface area contributed by atoms with Crippen LogP contribution in [0.5, 0.6) is 0 Å². The number of ether oxygens (including phenoxy) is 1. The number of Topliss-reactive ketones (excluding diaryl/α,β-unsaturated/α-hetero) is 1. The number of ketones is 1. The Kier molecular flexibility index (Phi) is 10.7. The second kappa shape index (κ2) is 14.6. The highest BCUT2D eigenvalue weighted by Crippen LogP contribution is 2.46. The minimum absolute atomic E-state index is 0.00833. The first kappa shape index (κ1) is 32.2. The molecule has 0 radical (unpaired) electrons. The number of hydroxylamine groups is 2. The van der Waals surface area contributed by atoms with E-state index in [9.17, 15) is 19.6 Å². The van der Waals surface area contributed by atoms with Gasteiger partial charge in [0.1, 0.15) is 24.0 Å². The molecule has 0 aromatic heterocycles. The zero-order chi connectivity index (χ0) is 31.6. The first-order chi connectivity index (χ1) is 21.2. The molecule has 0 saturated heterocycles. The number of amides is 1. The summed E-state index contributed by atoms with van der Waals surface area (Å²) in [6, 6.07) is 38.2. The lowest BCUT2D eigenvalue weighted by Gasteiger charge is -2.34. The molecule has 0 fully saturated rings. The van der Waals surface area contributed by atoms with Crippen molar-refractivity contribution in [3.8, 4) is 6.07 Å². The zero-order valence-electron chi connectivity index (χ0n) is 25.0. The molecule has 0 aliphatic rings. The maximum absolute atomic E-state index is 14.8. The van der Waals surface area contributed by atoms with E-state index in [1.54, 1.807) is 20.8 Å². The molecule has 0 bridgehead atoms. The van der Waals surface area contributed by atoms with Gasteiger partial charge in [-0.05, 0) is 49.1 Å². The fourth-order valence-electron chi connectivity index (χ4n) is 4.97. The molecule has 224 valence electrons. The Bertz CT molecular complexity index is 1560. The van der Waals surface area contributed by atoms with E-state index in [4.69, 9.17) is 9.57 Å². The summed E-state index contributed by atoms with van der Waals surface area (Å²) in [5.74, 6) is -1.40. The van der Waals surface area contributed by atoms with Crippen LogP contribution in [0.3, 0.4) is 0 Å². The minimum Gasteiger partial charge on any atom is -0.461 e. The highest BCUT2D eigenvalue weighted by Gasteiger charge is 2.40. The summed E-state index contributed by atoms with van der Waals surface area (Å²) in [5, 5.41) is 14.0. The van der Waals surface area contributed by atoms with Crippen molar-refractivity contribution < 1.29 is 24.0 Å². The average molecular weight is 607 g/mol. The number of hydrogen-bond acceptors (Lipinski definition) is 6. The Morgan fingerprint density at radius 2 is 1.23 bits per heavy atom. The molecule has 44 heavy (non-hydrogen) atoms. The van der Waals surface area contributed by atoms with Crippen molar-refractivity contribution in [2.75, 3.05) is 0 Å². The van der Waals surface area contributed by atoms with Crippen LogP contribution in [0.1, 0.15) is 32.8 Å². The van der Waals surface area contributed by atoms with Crippen molar-refractivity contribution in [1.29, 1.82) is 5.26 Å². The fourth-order valence-corrected chi connectivity index (χ4v) is 9.13. The quantitative estimate of drug-likeness (QED) is 0.0982. The van der Waals surface area contributed by atoms with Crippen molar-refractivity contribution >= 4 is 46.3 Å². The highest BCUT2D eigenvalue weighted by molar-refractivity contribution is 7.97. The number of esters is 1. The minimum atomic E-state index is -3.13. The number of hydrogen-bond donors (Lipinski definition) is 0. The third-order valence-corrected chi connectivity index (χ3v) is 11.0. The van der Waals surface area contributed by atoms with Gasteiger partial charge in [0.25, 0.3) is 0 Å². The number of carbonyl (C=O) groups excluding carboxylic acids is 3. The third-order valence-electron chi connectivity index (χ3n) is 6.80. The van der Waals surface area contributed by atoms with Gasteiger partial charge in [-0.25, -0.2) is 5.06 Å². The summed E-state index contributed by atoms with van der Waals surface area (Å²) in [6.07, 6.45) is -0.134. The van der Waals surface area contributed by atoms with Crippen molar-refractivity contribution in [2.45, 2.75) is 45.4 Å². The summed E-state index contributed by atoms with van der Waals surface area (Å²) < 4.78 is 5.51. The van der Waals surface area contributed by atoms with E-state index in [1.165, 1.54) is 0 Å². The molecule has 0 spiro atoms. The largest absolute Gasteiger partial charge is 0.461 e. The third kappa shape index (κ3) is 7.41. The highest BCUT2D eigenvalue weighted by atomic mass is 31.2. The molecule has 0 aliphatic carbocycles. The average Bonchev–Trinajstić information content (AvgIpc) is 3.05. The van der Waals surface area contributed by atoms with E-state index in [0.29, 0.717) is 6.41 Å². The van der Waals surface area contributed by atoms with Gasteiger partial charge in [-0.1, -0.05) is 121 Å². The van der Waals surface area contributed by atoms with Gasteiger partial charge in [-0.3, -0.25) is 19.2 Å². The van der Waals surface area contributed by atoms with Gasteiger partial charge < -0.3 is 4.74 Å². The summed E-state index contributed by atoms with van der Waals surface area (Å²) >= 11 is 0. The molecule has 4 aromatic rings. The fraction of sp³-hybridized carbons (Fsp3) is 0.194. The molecule has 0 aliphatic heterocycles. The standard InChI is InChI=1S/C36H35N2O5P/c1-36(2,3)43-38(27-39)32(24-34(40)42-26-28-16-8-4-9-17-28)35(41)33(25-37)44(29-18-10-5-11-19-29,30-20-12-6-13-21-30)31-22-14-7-15-23-31/h4-23,27,32H,24,26H2,1-3H3. The molecule has 1 atom stereocenters. The first-order valence-corrected chi connectivity index (χ1v) is 16.0. The molecule has 1 unspecified atom stereocenters. The van der Waals surface area contributed by atoms with Crippen molar-refractivity contribution in [2.24, 2.45) is 0 Å². The number of rotatable bonds is 12. The Morgan fingerprint density at radius 3 is 1.61 bits per heavy atom. The molecule has 0 N–H and O–H groups in total. The Morgan fingerprint density at radius 1 is 0.795 bits per heavy atom. The summed E-state index contributed by atoms with van der Waals surface area (Å²) in [7, 11) is 0. The smallest absolute Gasteiger partial charge is 0.308 e. The van der Waals surface area contributed by atoms with Crippen LogP contribution >= 0.6 is 6.89 Å². The normalized spacial score (nSPS) is 12.0. The lowest BCUT2D eigenvalue weighted by molar-refractivity contribution is -0.230. The monoisotopic (exact) mass is 606 g/mol. The number of benzene rings is 4.